The van der Waals surface area contributed by atoms with Crippen molar-refractivity contribution < 1.29 is 5.11 Å². The van der Waals surface area contributed by atoms with Crippen LogP contribution in [0, 0.1) is 0 Å². The highest BCUT2D eigenvalue weighted by Gasteiger charge is 2.02. The molecule has 10 heavy (non-hydrogen) atoms. The monoisotopic (exact) mass is 162 g/mol. The van der Waals surface area contributed by atoms with E-state index in [1.54, 1.807) is 0 Å². The molecule has 1 heterocycles. The molecule has 54 valence electrons. The summed E-state index contributed by atoms with van der Waals surface area (Å²) in [6.45, 7) is 0. The number of rotatable bonds is 0. The van der Waals surface area contributed by atoms with Gasteiger partial charge in [-0.1, -0.05) is 11.6 Å². The van der Waals surface area contributed by atoms with E-state index in [-0.39, 0.29) is 0 Å². The zero-order chi connectivity index (χ0) is 7.72. The summed E-state index contributed by atoms with van der Waals surface area (Å²) < 4.78 is 0. The molecule has 6 heteroatoms. The molecule has 1 aromatic rings. The molecule has 0 fully saturated rings. The third kappa shape index (κ3) is 1.03. The number of aromatic nitrogens is 2. The number of nitrogens with one attached hydrogen (secondary N) is 2. The Morgan fingerprint density at radius 2 is 1.90 bits per heavy atom. The summed E-state index contributed by atoms with van der Waals surface area (Å²) in [6.07, 6.45) is 0. The predicted octanol–water partition coefficient (Wildman–Crippen LogP) is -0.578. The molecule has 1 rings (SSSR count). The third-order valence-electron chi connectivity index (χ3n) is 0.866. The smallest absolute Gasteiger partial charge is 0.328 e. The van der Waals surface area contributed by atoms with Gasteiger partial charge >= 0.3 is 5.69 Å². The second-order valence-electron chi connectivity index (χ2n) is 1.57. The highest BCUT2D eigenvalue weighted by atomic mass is 35.5. The van der Waals surface area contributed by atoms with Gasteiger partial charge in [-0.2, -0.15) is 0 Å². The maximum absolute atomic E-state index is 10.5. The predicted molar refractivity (Wildman–Crippen MR) is 34.4 cm³/mol. The van der Waals surface area contributed by atoms with Gasteiger partial charge in [-0.25, -0.2) is 4.79 Å². The van der Waals surface area contributed by atoms with E-state index in [0.29, 0.717) is 0 Å². The summed E-state index contributed by atoms with van der Waals surface area (Å²) in [5.41, 5.74) is -1.59. The number of halogens is 1. The van der Waals surface area contributed by atoms with Gasteiger partial charge in [0.15, 0.2) is 5.02 Å². The number of aromatic amines is 2. The lowest BCUT2D eigenvalue weighted by Gasteiger charge is -1.90. The first kappa shape index (κ1) is 6.88. The van der Waals surface area contributed by atoms with Crippen molar-refractivity contribution in [1.29, 1.82) is 0 Å². The van der Waals surface area contributed by atoms with Gasteiger partial charge in [0.2, 0.25) is 5.88 Å². The lowest BCUT2D eigenvalue weighted by atomic mass is 10.6. The molecule has 0 amide bonds. The van der Waals surface area contributed by atoms with E-state index in [4.69, 9.17) is 16.7 Å². The summed E-state index contributed by atoms with van der Waals surface area (Å²) in [4.78, 5) is 24.5. The zero-order valence-electron chi connectivity index (χ0n) is 4.64. The van der Waals surface area contributed by atoms with E-state index in [2.05, 4.69) is 0 Å². The molecule has 0 aliphatic rings. The van der Waals surface area contributed by atoms with Gasteiger partial charge in [-0.05, 0) is 0 Å². The van der Waals surface area contributed by atoms with Crippen molar-refractivity contribution in [3.8, 4) is 5.88 Å². The zero-order valence-corrected chi connectivity index (χ0v) is 5.40. The molecule has 0 aliphatic heterocycles. The molecule has 5 nitrogen and oxygen atoms in total. The number of hydrogen-bond donors (Lipinski definition) is 3. The van der Waals surface area contributed by atoms with Gasteiger partial charge in [0.05, 0.1) is 0 Å². The molecule has 3 N–H and O–H groups in total. The summed E-state index contributed by atoms with van der Waals surface area (Å²) in [6, 6.07) is 0. The van der Waals surface area contributed by atoms with Gasteiger partial charge < -0.3 is 5.11 Å². The van der Waals surface area contributed by atoms with Crippen LogP contribution in [0.25, 0.3) is 0 Å². The van der Waals surface area contributed by atoms with Gasteiger partial charge in [-0.3, -0.25) is 14.8 Å². The molecule has 0 atom stereocenters. The van der Waals surface area contributed by atoms with Crippen molar-refractivity contribution in [2.45, 2.75) is 0 Å². The van der Waals surface area contributed by atoms with E-state index in [0.717, 1.165) is 0 Å². The van der Waals surface area contributed by atoms with Crippen molar-refractivity contribution >= 4 is 11.6 Å². The minimum atomic E-state index is -0.803. The van der Waals surface area contributed by atoms with Crippen molar-refractivity contribution in [3.05, 3.63) is 25.9 Å². The molecular formula is C4H3ClN2O3. The van der Waals surface area contributed by atoms with Crippen molar-refractivity contribution in [2.75, 3.05) is 0 Å². The SMILES string of the molecule is O=c1[nH]c(O)c(Cl)c(=O)[nH]1. The van der Waals surface area contributed by atoms with E-state index >= 15 is 0 Å². The Hall–Kier alpha value is -1.23. The van der Waals surface area contributed by atoms with Crippen LogP contribution in [0.15, 0.2) is 9.59 Å². The number of aromatic hydroxyl groups is 1. The Bertz CT molecular complexity index is 352. The molecule has 1 aromatic heterocycles. The molecule has 0 aliphatic carbocycles. The van der Waals surface area contributed by atoms with Crippen LogP contribution in [0.3, 0.4) is 0 Å². The van der Waals surface area contributed by atoms with Gasteiger partial charge in [-0.15, -0.1) is 0 Å². The van der Waals surface area contributed by atoms with Crippen molar-refractivity contribution in [3.63, 3.8) is 0 Å². The largest absolute Gasteiger partial charge is 0.493 e. The van der Waals surface area contributed by atoms with Gasteiger partial charge in [0.1, 0.15) is 0 Å². The Kier molecular flexibility index (Phi) is 1.50. The van der Waals surface area contributed by atoms with Crippen LogP contribution in [0.5, 0.6) is 5.88 Å². The Morgan fingerprint density at radius 3 is 2.40 bits per heavy atom. The molecule has 0 unspecified atom stereocenters. The quantitative estimate of drug-likeness (QED) is 0.477. The van der Waals surface area contributed by atoms with E-state index in [1.165, 1.54) is 0 Å². The minimum Gasteiger partial charge on any atom is -0.493 e. The minimum absolute atomic E-state index is 0.417. The first-order valence-electron chi connectivity index (χ1n) is 2.32. The molecule has 0 aromatic carbocycles. The summed E-state index contributed by atoms with van der Waals surface area (Å²) >= 11 is 5.19. The first-order valence-corrected chi connectivity index (χ1v) is 2.70. The van der Waals surface area contributed by atoms with Crippen LogP contribution < -0.4 is 11.2 Å². The fraction of sp³-hybridized carbons (Fsp3) is 0. The highest BCUT2D eigenvalue weighted by molar-refractivity contribution is 6.31. The van der Waals surface area contributed by atoms with Crippen molar-refractivity contribution in [2.24, 2.45) is 0 Å². The normalized spacial score (nSPS) is 9.70. The third-order valence-corrected chi connectivity index (χ3v) is 1.22. The van der Waals surface area contributed by atoms with Crippen molar-refractivity contribution in [1.82, 2.24) is 9.97 Å². The second kappa shape index (κ2) is 2.18. The Labute approximate surface area is 59.3 Å². The van der Waals surface area contributed by atoms with Crippen LogP contribution in [0.1, 0.15) is 0 Å². The average Bonchev–Trinajstić information content (AvgIpc) is 1.82. The summed E-state index contributed by atoms with van der Waals surface area (Å²) in [5, 5.41) is 8.26. The van der Waals surface area contributed by atoms with Crippen LogP contribution in [0.4, 0.5) is 0 Å². The summed E-state index contributed by atoms with van der Waals surface area (Å²) in [5.74, 6) is -0.615. The highest BCUT2D eigenvalue weighted by Crippen LogP contribution is 2.09. The lowest BCUT2D eigenvalue weighted by Crippen LogP contribution is -2.21. The van der Waals surface area contributed by atoms with Crippen LogP contribution >= 0.6 is 11.6 Å². The van der Waals surface area contributed by atoms with E-state index in [9.17, 15) is 9.59 Å². The topological polar surface area (TPSA) is 85.9 Å². The Morgan fingerprint density at radius 1 is 1.30 bits per heavy atom. The fourth-order valence-electron chi connectivity index (χ4n) is 0.459. The molecule has 0 radical (unpaired) electrons. The van der Waals surface area contributed by atoms with Crippen LogP contribution in [-0.4, -0.2) is 15.1 Å². The van der Waals surface area contributed by atoms with Gasteiger partial charge in [0.25, 0.3) is 5.56 Å². The Balaban J connectivity index is 3.62. The standard InChI is InChI=1S/C4H3ClN2O3/c5-1-2(8)6-4(10)7-3(1)9/h(H3,6,7,8,9,10). The number of H-pyrrole nitrogens is 2. The molecule has 0 saturated carbocycles. The molecule has 0 saturated heterocycles. The average molecular weight is 163 g/mol. The maximum atomic E-state index is 10.5. The van der Waals surface area contributed by atoms with E-state index < -0.39 is 22.2 Å². The van der Waals surface area contributed by atoms with Gasteiger partial charge in [0, 0.05) is 0 Å². The molecule has 0 spiro atoms. The van der Waals surface area contributed by atoms with Crippen LogP contribution in [0.2, 0.25) is 5.02 Å². The summed E-state index contributed by atoms with van der Waals surface area (Å²) in [7, 11) is 0. The van der Waals surface area contributed by atoms with Crippen LogP contribution in [-0.2, 0) is 0 Å². The first-order chi connectivity index (χ1) is 4.61. The molecule has 0 bridgehead atoms. The lowest BCUT2D eigenvalue weighted by molar-refractivity contribution is 0.449. The fourth-order valence-corrected chi connectivity index (χ4v) is 0.554. The van der Waals surface area contributed by atoms with E-state index in [1.807, 2.05) is 9.97 Å². The maximum Gasteiger partial charge on any atom is 0.328 e. The molecular weight excluding hydrogens is 160 g/mol. The second-order valence-corrected chi connectivity index (χ2v) is 1.95. The number of hydrogen-bond acceptors (Lipinski definition) is 3.